The van der Waals surface area contributed by atoms with Crippen LogP contribution in [0.4, 0.5) is 0 Å². The Morgan fingerprint density at radius 1 is 0.182 bits per heavy atom. The van der Waals surface area contributed by atoms with Gasteiger partial charge in [0.2, 0.25) is 0 Å². The van der Waals surface area contributed by atoms with E-state index in [-0.39, 0.29) is 0 Å². The minimum Gasteiger partial charge on any atom is -0.481 e. The van der Waals surface area contributed by atoms with Crippen molar-refractivity contribution in [3.05, 3.63) is 0 Å². The van der Waals surface area contributed by atoms with Gasteiger partial charge in [-0.05, 0) is 25.7 Å². The number of rotatable bonds is 50. The van der Waals surface area contributed by atoms with E-state index in [0.717, 1.165) is 51.4 Å². The molecule has 4 N–H and O–H groups in total. The fourth-order valence-electron chi connectivity index (χ4n) is 8.12. The zero-order valence-corrected chi connectivity index (χ0v) is 44.8. The van der Waals surface area contributed by atoms with Gasteiger partial charge in [0, 0.05) is 25.7 Å². The second-order valence-corrected chi connectivity index (χ2v) is 19.4. The Morgan fingerprint density at radius 3 is 0.364 bits per heavy atom. The number of hydrogen-bond donors (Lipinski definition) is 4. The summed E-state index contributed by atoms with van der Waals surface area (Å²) in [5, 5.41) is 33.9. The van der Waals surface area contributed by atoms with E-state index < -0.39 is 23.9 Å². The van der Waals surface area contributed by atoms with Gasteiger partial charge >= 0.3 is 23.9 Å². The number of carboxylic acid groups (broad SMARTS) is 4. The summed E-state index contributed by atoms with van der Waals surface area (Å²) in [6.07, 6.45) is 60.3. The Hall–Kier alpha value is -2.12. The van der Waals surface area contributed by atoms with Crippen molar-refractivity contribution < 1.29 is 39.6 Å². The highest BCUT2D eigenvalue weighted by Crippen LogP contribution is 2.16. The van der Waals surface area contributed by atoms with Crippen molar-refractivity contribution in [3.63, 3.8) is 0 Å². The van der Waals surface area contributed by atoms with Gasteiger partial charge in [-0.3, -0.25) is 19.2 Å². The standard InChI is InChI=1S/2C15H30O2.2C14H28O2/c2*1-2-3-4-5-6-7-8-9-10-11-12-13-14-15(16)17;2*1-2-3-4-5-6-7-8-9-10-11-12-13-14(15)16/h2*2-14H2,1H3,(H,16,17);2*2-13H2,1H3,(H,15,16). The summed E-state index contributed by atoms with van der Waals surface area (Å²) in [7, 11) is 0. The molecule has 0 heterocycles. The smallest absolute Gasteiger partial charge is 0.303 e. The molecule has 0 unspecified atom stereocenters. The molecule has 8 nitrogen and oxygen atoms in total. The van der Waals surface area contributed by atoms with E-state index in [1.807, 2.05) is 0 Å². The second kappa shape index (κ2) is 67.2. The van der Waals surface area contributed by atoms with Crippen molar-refractivity contribution in [2.75, 3.05) is 0 Å². The van der Waals surface area contributed by atoms with Gasteiger partial charge < -0.3 is 20.4 Å². The van der Waals surface area contributed by atoms with E-state index in [4.69, 9.17) is 20.4 Å². The molecule has 66 heavy (non-hydrogen) atoms. The molecule has 0 bridgehead atoms. The Morgan fingerprint density at radius 2 is 0.273 bits per heavy atom. The molecule has 0 amide bonds. The monoisotopic (exact) mass is 941 g/mol. The first-order valence-electron chi connectivity index (χ1n) is 29.0. The van der Waals surface area contributed by atoms with Crippen LogP contribution in [0.3, 0.4) is 0 Å². The molecule has 0 spiro atoms. The molecule has 0 saturated carbocycles. The molecular formula is C58H116O8. The minimum atomic E-state index is -0.657. The van der Waals surface area contributed by atoms with Crippen LogP contribution in [0.25, 0.3) is 0 Å². The Bertz CT molecular complexity index is 864. The topological polar surface area (TPSA) is 149 Å². The normalized spacial score (nSPS) is 10.6. The summed E-state index contributed by atoms with van der Waals surface area (Å²) >= 11 is 0. The van der Waals surface area contributed by atoms with Gasteiger partial charge in [0.1, 0.15) is 0 Å². The van der Waals surface area contributed by atoms with Crippen LogP contribution in [0.15, 0.2) is 0 Å². The molecule has 0 aromatic rings. The van der Waals surface area contributed by atoms with Crippen LogP contribution < -0.4 is 0 Å². The summed E-state index contributed by atoms with van der Waals surface area (Å²) in [4.78, 5) is 41.1. The van der Waals surface area contributed by atoms with Crippen molar-refractivity contribution in [2.45, 2.75) is 349 Å². The molecule has 0 atom stereocenters. The van der Waals surface area contributed by atoms with Gasteiger partial charge in [-0.1, -0.05) is 297 Å². The summed E-state index contributed by atoms with van der Waals surface area (Å²) in [6.45, 7) is 9.00. The lowest BCUT2D eigenvalue weighted by Crippen LogP contribution is -1.93. The van der Waals surface area contributed by atoms with Gasteiger partial charge in [-0.25, -0.2) is 0 Å². The van der Waals surface area contributed by atoms with Crippen LogP contribution in [0.2, 0.25) is 0 Å². The van der Waals surface area contributed by atoms with Crippen molar-refractivity contribution in [1.29, 1.82) is 0 Å². The summed E-state index contributed by atoms with van der Waals surface area (Å²) < 4.78 is 0. The maximum absolute atomic E-state index is 10.3. The van der Waals surface area contributed by atoms with E-state index in [9.17, 15) is 19.2 Å². The third-order valence-corrected chi connectivity index (χ3v) is 12.5. The maximum Gasteiger partial charge on any atom is 0.303 e. The number of hydrogen-bond acceptors (Lipinski definition) is 4. The van der Waals surface area contributed by atoms with E-state index >= 15 is 0 Å². The molecule has 0 saturated heterocycles. The summed E-state index contributed by atoms with van der Waals surface area (Å²) in [5.74, 6) is -2.62. The number of carbonyl (C=O) groups is 4. The molecule has 0 aliphatic heterocycles. The number of carboxylic acids is 4. The lowest BCUT2D eigenvalue weighted by molar-refractivity contribution is -0.138. The quantitative estimate of drug-likeness (QED) is 0.0441. The molecule has 0 rings (SSSR count). The van der Waals surface area contributed by atoms with Gasteiger partial charge in [0.05, 0.1) is 0 Å². The molecule has 0 fully saturated rings. The van der Waals surface area contributed by atoms with Crippen molar-refractivity contribution >= 4 is 23.9 Å². The fourth-order valence-corrected chi connectivity index (χ4v) is 8.12. The molecule has 0 radical (unpaired) electrons. The number of unbranched alkanes of at least 4 members (excludes halogenated alkanes) is 42. The number of aliphatic carboxylic acids is 4. The zero-order chi connectivity index (χ0) is 49.7. The first-order valence-corrected chi connectivity index (χ1v) is 29.0. The van der Waals surface area contributed by atoms with E-state index in [0.29, 0.717) is 25.7 Å². The highest BCUT2D eigenvalue weighted by molar-refractivity contribution is 5.67. The van der Waals surface area contributed by atoms with Crippen LogP contribution in [0.5, 0.6) is 0 Å². The lowest BCUT2D eigenvalue weighted by atomic mass is 10.0. The van der Waals surface area contributed by atoms with Crippen molar-refractivity contribution in [2.24, 2.45) is 0 Å². The van der Waals surface area contributed by atoms with Gasteiger partial charge in [0.15, 0.2) is 0 Å². The molecule has 396 valence electrons. The van der Waals surface area contributed by atoms with Crippen LogP contribution in [-0.2, 0) is 19.2 Å². The van der Waals surface area contributed by atoms with E-state index in [2.05, 4.69) is 27.7 Å². The largest absolute Gasteiger partial charge is 0.481 e. The zero-order valence-electron chi connectivity index (χ0n) is 44.8. The van der Waals surface area contributed by atoms with Crippen LogP contribution >= 0.6 is 0 Å². The van der Waals surface area contributed by atoms with Crippen LogP contribution in [0.1, 0.15) is 349 Å². The third kappa shape index (κ3) is 85.2. The average Bonchev–Trinajstić information content (AvgIpc) is 3.28. The predicted molar refractivity (Wildman–Crippen MR) is 284 cm³/mol. The lowest BCUT2D eigenvalue weighted by Gasteiger charge is -2.02. The predicted octanol–water partition coefficient (Wildman–Crippen LogP) is 19.9. The highest BCUT2D eigenvalue weighted by Gasteiger charge is 2.00. The molecular weight excluding hydrogens is 825 g/mol. The molecule has 0 aliphatic rings. The SMILES string of the molecule is CCCCCCCCCCCCCC(=O)O.CCCCCCCCCCCCCC(=O)O.CCCCCCCCCCCCCCC(=O)O.CCCCCCCCCCCCCCC(=O)O. The third-order valence-electron chi connectivity index (χ3n) is 12.5. The molecule has 0 aliphatic carbocycles. The molecule has 8 heteroatoms. The van der Waals surface area contributed by atoms with Crippen LogP contribution in [-0.4, -0.2) is 44.3 Å². The Balaban J connectivity index is -0.000000388. The Kier molecular flexibility index (Phi) is 71.7. The minimum absolute atomic E-state index is 0.344. The van der Waals surface area contributed by atoms with Gasteiger partial charge in [-0.2, -0.15) is 0 Å². The van der Waals surface area contributed by atoms with Crippen molar-refractivity contribution in [3.8, 4) is 0 Å². The maximum atomic E-state index is 10.3. The average molecular weight is 942 g/mol. The van der Waals surface area contributed by atoms with Gasteiger partial charge in [0.25, 0.3) is 0 Å². The first-order chi connectivity index (χ1) is 32.1. The first kappa shape index (κ1) is 70.4. The summed E-state index contributed by atoms with van der Waals surface area (Å²) in [6, 6.07) is 0. The van der Waals surface area contributed by atoms with Crippen molar-refractivity contribution in [1.82, 2.24) is 0 Å². The highest BCUT2D eigenvalue weighted by atomic mass is 16.4. The van der Waals surface area contributed by atoms with E-state index in [1.54, 1.807) is 0 Å². The Labute approximate surface area is 410 Å². The summed E-state index contributed by atoms with van der Waals surface area (Å²) in [5.41, 5.74) is 0. The molecule has 0 aromatic heterocycles. The van der Waals surface area contributed by atoms with Gasteiger partial charge in [-0.15, -0.1) is 0 Å². The van der Waals surface area contributed by atoms with E-state index in [1.165, 1.54) is 244 Å². The second-order valence-electron chi connectivity index (χ2n) is 19.4. The molecule has 0 aromatic carbocycles. The van der Waals surface area contributed by atoms with Crippen LogP contribution in [0, 0.1) is 0 Å². The fraction of sp³-hybridized carbons (Fsp3) is 0.931.